The molecule has 0 unspecified atom stereocenters. The zero-order chi connectivity index (χ0) is 9.97. The van der Waals surface area contributed by atoms with Crippen LogP contribution in [0.25, 0.3) is 0 Å². The normalized spacial score (nSPS) is 11.3. The third-order valence-electron chi connectivity index (χ3n) is 1.39. The van der Waals surface area contributed by atoms with E-state index in [2.05, 4.69) is 53.8 Å². The molecule has 0 saturated heterocycles. The van der Waals surface area contributed by atoms with Crippen LogP contribution < -0.4 is 0 Å². The lowest BCUT2D eigenvalue weighted by Gasteiger charge is -1.86. The Labute approximate surface area is 101 Å². The second kappa shape index (κ2) is 4.22. The van der Waals surface area contributed by atoms with E-state index in [1.165, 1.54) is 17.3 Å². The molecule has 0 atom stereocenters. The predicted octanol–water partition coefficient (Wildman–Crippen LogP) is 2.12. The van der Waals surface area contributed by atoms with Gasteiger partial charge in [0.05, 0.1) is 10.7 Å². The van der Waals surface area contributed by atoms with Crippen molar-refractivity contribution in [3.05, 3.63) is 32.7 Å². The predicted molar refractivity (Wildman–Crippen MR) is 62.1 cm³/mol. The third-order valence-corrected chi connectivity index (χ3v) is 3.52. The van der Waals surface area contributed by atoms with E-state index in [4.69, 9.17) is 4.42 Å². The molecule has 0 radical (unpaired) electrons. The Kier molecular flexibility index (Phi) is 2.96. The van der Waals surface area contributed by atoms with Crippen molar-refractivity contribution >= 4 is 44.7 Å². The molecule has 0 bridgehead atoms. The third kappa shape index (κ3) is 2.21. The molecule has 5 nitrogen and oxygen atoms in total. The van der Waals surface area contributed by atoms with E-state index in [1.807, 2.05) is 6.07 Å². The van der Waals surface area contributed by atoms with Crippen LogP contribution in [-0.4, -0.2) is 21.1 Å². The summed E-state index contributed by atoms with van der Waals surface area (Å²) in [6, 6.07) is 1.84. The fourth-order valence-electron chi connectivity index (χ4n) is 0.805. The monoisotopic (exact) mass is 366 g/mol. The molecule has 0 aromatic carbocycles. The summed E-state index contributed by atoms with van der Waals surface area (Å²) in [6.07, 6.45) is 4.59. The highest BCUT2D eigenvalue weighted by Gasteiger charge is 2.02. The van der Waals surface area contributed by atoms with Gasteiger partial charge in [-0.25, -0.2) is 4.68 Å². The zero-order valence-corrected chi connectivity index (χ0v) is 10.5. The lowest BCUT2D eigenvalue weighted by atomic mass is 10.5. The highest BCUT2D eigenvalue weighted by atomic mass is 127. The summed E-state index contributed by atoms with van der Waals surface area (Å²) >= 11 is 5.43. The second-order valence-electron chi connectivity index (χ2n) is 2.36. The summed E-state index contributed by atoms with van der Waals surface area (Å²) in [4.78, 5) is 0. The van der Waals surface area contributed by atoms with Gasteiger partial charge in [-0.05, 0) is 15.9 Å². The number of hydrogen-bond donors (Lipinski definition) is 0. The fourth-order valence-corrected chi connectivity index (χ4v) is 1.52. The number of rotatable bonds is 2. The molecular weight excluding hydrogens is 363 g/mol. The molecule has 2 aromatic rings. The summed E-state index contributed by atoms with van der Waals surface area (Å²) in [5, 5.41) is 11.3. The summed E-state index contributed by atoms with van der Waals surface area (Å²) in [6.45, 7) is 0. The average Bonchev–Trinajstić information content (AvgIpc) is 2.74. The minimum atomic E-state index is 0.676. The Hall–Kier alpha value is -0.700. The SMILES string of the molecule is Brc1cc(C=Nn2cnnc2)oc1I. The van der Waals surface area contributed by atoms with Crippen LogP contribution in [0.2, 0.25) is 0 Å². The molecule has 0 aliphatic carbocycles. The topological polar surface area (TPSA) is 56.2 Å². The number of halogens is 2. The standard InChI is InChI=1S/C7H4BrIN4O/c8-6-1-5(14-7(6)9)2-12-13-3-10-11-4-13/h1-4H. The molecule has 0 aliphatic rings. The Morgan fingerprint density at radius 3 is 2.79 bits per heavy atom. The number of hydrogen-bond acceptors (Lipinski definition) is 4. The van der Waals surface area contributed by atoms with E-state index in [9.17, 15) is 0 Å². The quantitative estimate of drug-likeness (QED) is 0.604. The molecule has 0 spiro atoms. The summed E-state index contributed by atoms with van der Waals surface area (Å²) in [5.41, 5.74) is 0. The highest BCUT2D eigenvalue weighted by molar-refractivity contribution is 14.1. The van der Waals surface area contributed by atoms with Crippen molar-refractivity contribution in [3.63, 3.8) is 0 Å². The van der Waals surface area contributed by atoms with Gasteiger partial charge in [0.15, 0.2) is 3.77 Å². The van der Waals surface area contributed by atoms with Gasteiger partial charge in [0.1, 0.15) is 18.4 Å². The molecule has 2 aromatic heterocycles. The van der Waals surface area contributed by atoms with Gasteiger partial charge in [0.2, 0.25) is 0 Å². The van der Waals surface area contributed by atoms with Gasteiger partial charge < -0.3 is 4.42 Å². The molecular formula is C7H4BrIN4O. The zero-order valence-electron chi connectivity index (χ0n) is 6.76. The maximum absolute atomic E-state index is 5.35. The molecule has 2 heterocycles. The Morgan fingerprint density at radius 2 is 2.21 bits per heavy atom. The molecule has 0 N–H and O–H groups in total. The van der Waals surface area contributed by atoms with Crippen molar-refractivity contribution in [1.29, 1.82) is 0 Å². The van der Waals surface area contributed by atoms with Crippen LogP contribution >= 0.6 is 38.5 Å². The molecule has 0 saturated carbocycles. The average molecular weight is 367 g/mol. The molecule has 0 fully saturated rings. The first-order chi connectivity index (χ1) is 6.75. The molecule has 2 rings (SSSR count). The van der Waals surface area contributed by atoms with Crippen molar-refractivity contribution < 1.29 is 4.42 Å². The van der Waals surface area contributed by atoms with Gasteiger partial charge in [-0.15, -0.1) is 10.2 Å². The molecule has 72 valence electrons. The number of nitrogens with zero attached hydrogens (tertiary/aromatic N) is 4. The maximum Gasteiger partial charge on any atom is 0.178 e. The smallest absolute Gasteiger partial charge is 0.178 e. The van der Waals surface area contributed by atoms with E-state index in [1.54, 1.807) is 6.21 Å². The number of furan rings is 1. The first kappa shape index (κ1) is 9.84. The van der Waals surface area contributed by atoms with E-state index < -0.39 is 0 Å². The first-order valence-corrected chi connectivity index (χ1v) is 5.46. The minimum Gasteiger partial charge on any atom is -0.448 e. The largest absolute Gasteiger partial charge is 0.448 e. The van der Waals surface area contributed by atoms with Crippen molar-refractivity contribution in [2.75, 3.05) is 0 Å². The maximum atomic E-state index is 5.35. The van der Waals surface area contributed by atoms with Crippen LogP contribution in [0, 0.1) is 3.77 Å². The molecule has 0 amide bonds. The van der Waals surface area contributed by atoms with Crippen LogP contribution in [0.3, 0.4) is 0 Å². The van der Waals surface area contributed by atoms with E-state index >= 15 is 0 Å². The van der Waals surface area contributed by atoms with Crippen LogP contribution in [0.5, 0.6) is 0 Å². The van der Waals surface area contributed by atoms with E-state index in [0.717, 1.165) is 8.24 Å². The van der Waals surface area contributed by atoms with E-state index in [0.29, 0.717) is 5.76 Å². The second-order valence-corrected chi connectivity index (χ2v) is 4.19. The van der Waals surface area contributed by atoms with Gasteiger partial charge in [0, 0.05) is 28.7 Å². The van der Waals surface area contributed by atoms with Crippen molar-refractivity contribution in [2.24, 2.45) is 5.10 Å². The highest BCUT2D eigenvalue weighted by Crippen LogP contribution is 2.21. The van der Waals surface area contributed by atoms with Crippen LogP contribution in [0.15, 0.2) is 32.7 Å². The minimum absolute atomic E-state index is 0.676. The number of aromatic nitrogens is 3. The Balaban J connectivity index is 2.18. The lowest BCUT2D eigenvalue weighted by Crippen LogP contribution is -1.84. The summed E-state index contributed by atoms with van der Waals surface area (Å²) < 4.78 is 8.56. The van der Waals surface area contributed by atoms with Crippen LogP contribution in [0.1, 0.15) is 5.76 Å². The fraction of sp³-hybridized carbons (Fsp3) is 0. The Bertz CT molecular complexity index is 431. The van der Waals surface area contributed by atoms with Crippen LogP contribution in [0.4, 0.5) is 0 Å². The van der Waals surface area contributed by atoms with Gasteiger partial charge in [0.25, 0.3) is 0 Å². The van der Waals surface area contributed by atoms with Crippen LogP contribution in [-0.2, 0) is 0 Å². The molecule has 7 heteroatoms. The summed E-state index contributed by atoms with van der Waals surface area (Å²) in [7, 11) is 0. The van der Waals surface area contributed by atoms with Gasteiger partial charge >= 0.3 is 0 Å². The Morgan fingerprint density at radius 1 is 1.50 bits per heavy atom. The molecule has 0 aliphatic heterocycles. The van der Waals surface area contributed by atoms with E-state index in [-0.39, 0.29) is 0 Å². The molecule has 14 heavy (non-hydrogen) atoms. The van der Waals surface area contributed by atoms with Crippen molar-refractivity contribution in [1.82, 2.24) is 14.9 Å². The summed E-state index contributed by atoms with van der Waals surface area (Å²) in [5.74, 6) is 0.676. The first-order valence-electron chi connectivity index (χ1n) is 3.59. The lowest BCUT2D eigenvalue weighted by molar-refractivity contribution is 0.529. The van der Waals surface area contributed by atoms with Gasteiger partial charge in [-0.2, -0.15) is 5.10 Å². The van der Waals surface area contributed by atoms with Crippen molar-refractivity contribution in [3.8, 4) is 0 Å². The van der Waals surface area contributed by atoms with Crippen molar-refractivity contribution in [2.45, 2.75) is 0 Å². The van der Waals surface area contributed by atoms with Gasteiger partial charge in [-0.3, -0.25) is 0 Å². The van der Waals surface area contributed by atoms with Gasteiger partial charge in [-0.1, -0.05) is 0 Å².